The van der Waals surface area contributed by atoms with E-state index in [0.29, 0.717) is 6.42 Å². The Morgan fingerprint density at radius 2 is 1.65 bits per heavy atom. The summed E-state index contributed by atoms with van der Waals surface area (Å²) in [6.45, 7) is 0.278. The Morgan fingerprint density at radius 3 is 2.19 bits per heavy atom. The number of carbonyl (C=O) groups is 3. The number of Topliss-reactive ketones (excluding diaryl/α,β-unsaturated/α-hetero) is 1. The van der Waals surface area contributed by atoms with Crippen LogP contribution < -0.4 is 0 Å². The van der Waals surface area contributed by atoms with Crippen LogP contribution in [0, 0.1) is 5.92 Å². The van der Waals surface area contributed by atoms with Crippen LogP contribution in [0.15, 0.2) is 23.2 Å². The molecule has 1 N–H and O–H groups in total. The number of benzene rings is 1. The van der Waals surface area contributed by atoms with Crippen molar-refractivity contribution in [3.8, 4) is 0 Å². The fourth-order valence-corrected chi connectivity index (χ4v) is 4.33. The average molecular weight is 469 g/mol. The Hall–Kier alpha value is -1.92. The fraction of sp³-hybridized carbons (Fsp3) is 0.565. The van der Waals surface area contributed by atoms with Crippen LogP contribution in [0.4, 0.5) is 0 Å². The van der Waals surface area contributed by atoms with Gasteiger partial charge in [0.25, 0.3) is 0 Å². The standard InChI is InChI=1S/C23H30Cl2N2O4/c1-27-20(26-15-21(27)29)13-8-6-4-2-3-5-7-10-16(23(30)31)14-19(28)22-17(24)11-9-12-18(22)25/h9,11-12,16H,2-8,10,13-15H2,1H3,(H,30,31). The van der Waals surface area contributed by atoms with Crippen molar-refractivity contribution in [2.75, 3.05) is 13.6 Å². The lowest BCUT2D eigenvalue weighted by Gasteiger charge is -2.13. The van der Waals surface area contributed by atoms with E-state index < -0.39 is 11.9 Å². The third-order valence-electron chi connectivity index (χ3n) is 5.63. The summed E-state index contributed by atoms with van der Waals surface area (Å²) in [7, 11) is 1.77. The Kier molecular flexibility index (Phi) is 10.5. The Morgan fingerprint density at radius 1 is 1.06 bits per heavy atom. The molecule has 0 saturated heterocycles. The van der Waals surface area contributed by atoms with Gasteiger partial charge in [-0.2, -0.15) is 0 Å². The number of carbonyl (C=O) groups excluding carboxylic acids is 2. The van der Waals surface area contributed by atoms with E-state index in [1.54, 1.807) is 30.1 Å². The number of likely N-dealkylation sites (N-methyl/N-ethyl adjacent to an activating group) is 1. The average Bonchev–Trinajstić information content (AvgIpc) is 3.03. The minimum absolute atomic E-state index is 0.0614. The van der Waals surface area contributed by atoms with E-state index in [9.17, 15) is 19.5 Å². The molecule has 0 bridgehead atoms. The normalized spacial score (nSPS) is 14.6. The molecule has 1 aromatic carbocycles. The maximum absolute atomic E-state index is 12.5. The van der Waals surface area contributed by atoms with Crippen LogP contribution in [-0.2, 0) is 9.59 Å². The van der Waals surface area contributed by atoms with Crippen molar-refractivity contribution >= 4 is 46.7 Å². The molecular weight excluding hydrogens is 439 g/mol. The number of halogens is 2. The molecule has 1 aromatic rings. The van der Waals surface area contributed by atoms with Crippen LogP contribution >= 0.6 is 23.2 Å². The molecule has 170 valence electrons. The van der Waals surface area contributed by atoms with Gasteiger partial charge in [-0.25, -0.2) is 0 Å². The van der Waals surface area contributed by atoms with E-state index in [2.05, 4.69) is 4.99 Å². The third-order valence-corrected chi connectivity index (χ3v) is 6.26. The highest BCUT2D eigenvalue weighted by Crippen LogP contribution is 2.28. The number of carboxylic acids is 1. The first-order valence-electron chi connectivity index (χ1n) is 10.8. The predicted molar refractivity (Wildman–Crippen MR) is 123 cm³/mol. The Bertz CT molecular complexity index is 806. The van der Waals surface area contributed by atoms with Gasteiger partial charge in [0.05, 0.1) is 21.5 Å². The number of hydrogen-bond donors (Lipinski definition) is 1. The Balaban J connectivity index is 1.61. The molecule has 6 nitrogen and oxygen atoms in total. The van der Waals surface area contributed by atoms with Gasteiger partial charge in [0.1, 0.15) is 12.4 Å². The molecule has 0 spiro atoms. The van der Waals surface area contributed by atoms with Crippen LogP contribution in [0.2, 0.25) is 10.0 Å². The molecule has 1 atom stereocenters. The van der Waals surface area contributed by atoms with Gasteiger partial charge in [0.2, 0.25) is 5.91 Å². The summed E-state index contributed by atoms with van der Waals surface area (Å²) >= 11 is 12.1. The van der Waals surface area contributed by atoms with Gasteiger partial charge < -0.3 is 10.0 Å². The van der Waals surface area contributed by atoms with Crippen molar-refractivity contribution in [2.24, 2.45) is 10.9 Å². The number of unbranched alkanes of at least 4 members (excludes halogenated alkanes) is 6. The van der Waals surface area contributed by atoms with E-state index in [-0.39, 0.29) is 40.3 Å². The van der Waals surface area contributed by atoms with Crippen LogP contribution in [0.25, 0.3) is 0 Å². The zero-order chi connectivity index (χ0) is 22.8. The van der Waals surface area contributed by atoms with Crippen molar-refractivity contribution in [3.63, 3.8) is 0 Å². The highest BCUT2D eigenvalue weighted by molar-refractivity contribution is 6.39. The second-order valence-corrected chi connectivity index (χ2v) is 8.77. The summed E-state index contributed by atoms with van der Waals surface area (Å²) in [4.78, 5) is 41.4. The number of amidine groups is 1. The molecular formula is C23H30Cl2N2O4. The molecule has 1 heterocycles. The molecule has 0 saturated carbocycles. The van der Waals surface area contributed by atoms with Gasteiger partial charge >= 0.3 is 5.97 Å². The van der Waals surface area contributed by atoms with Crippen LogP contribution in [0.1, 0.15) is 74.6 Å². The van der Waals surface area contributed by atoms with Gasteiger partial charge in [-0.15, -0.1) is 0 Å². The summed E-state index contributed by atoms with van der Waals surface area (Å²) in [5, 5.41) is 9.98. The van der Waals surface area contributed by atoms with Gasteiger partial charge in [0, 0.05) is 19.9 Å². The van der Waals surface area contributed by atoms with Gasteiger partial charge in [0.15, 0.2) is 5.78 Å². The summed E-state index contributed by atoms with van der Waals surface area (Å²) in [5.41, 5.74) is 0.205. The molecule has 0 aliphatic carbocycles. The number of nitrogens with zero attached hydrogens (tertiary/aromatic N) is 2. The number of aliphatic carboxylic acids is 1. The Labute approximate surface area is 193 Å². The largest absolute Gasteiger partial charge is 0.481 e. The molecule has 1 amide bonds. The molecule has 1 aliphatic rings. The lowest BCUT2D eigenvalue weighted by Crippen LogP contribution is -2.27. The van der Waals surface area contributed by atoms with E-state index in [4.69, 9.17) is 23.2 Å². The highest BCUT2D eigenvalue weighted by Gasteiger charge is 2.24. The monoisotopic (exact) mass is 468 g/mol. The summed E-state index contributed by atoms with van der Waals surface area (Å²) < 4.78 is 0. The number of rotatable bonds is 14. The first-order valence-corrected chi connectivity index (χ1v) is 11.6. The van der Waals surface area contributed by atoms with Crippen molar-refractivity contribution in [1.82, 2.24) is 4.90 Å². The van der Waals surface area contributed by atoms with Crippen molar-refractivity contribution in [1.29, 1.82) is 0 Å². The zero-order valence-corrected chi connectivity index (χ0v) is 19.4. The number of carboxylic acid groups (broad SMARTS) is 1. The molecule has 1 unspecified atom stereocenters. The van der Waals surface area contributed by atoms with Gasteiger partial charge in [-0.1, -0.05) is 67.8 Å². The molecule has 0 fully saturated rings. The van der Waals surface area contributed by atoms with Crippen molar-refractivity contribution in [2.45, 2.75) is 64.2 Å². The zero-order valence-electron chi connectivity index (χ0n) is 17.9. The smallest absolute Gasteiger partial charge is 0.306 e. The van der Waals surface area contributed by atoms with Crippen molar-refractivity contribution in [3.05, 3.63) is 33.8 Å². The lowest BCUT2D eigenvalue weighted by atomic mass is 9.93. The van der Waals surface area contributed by atoms with Gasteiger partial charge in [-0.3, -0.25) is 19.4 Å². The second kappa shape index (κ2) is 12.8. The van der Waals surface area contributed by atoms with Crippen LogP contribution in [0.5, 0.6) is 0 Å². The minimum atomic E-state index is -0.963. The molecule has 1 aliphatic heterocycles. The van der Waals surface area contributed by atoms with Gasteiger partial charge in [-0.05, 0) is 25.0 Å². The SMILES string of the molecule is CN1C(=O)CN=C1CCCCCCCCCC(CC(=O)c1c(Cl)cccc1Cl)C(=O)O. The predicted octanol–water partition coefficient (Wildman–Crippen LogP) is 5.65. The lowest BCUT2D eigenvalue weighted by molar-refractivity contribution is -0.142. The number of aliphatic imine (C=N–C) groups is 1. The number of hydrogen-bond acceptors (Lipinski definition) is 4. The van der Waals surface area contributed by atoms with E-state index in [1.165, 1.54) is 0 Å². The van der Waals surface area contributed by atoms with Crippen LogP contribution in [0.3, 0.4) is 0 Å². The number of ketones is 1. The molecule has 31 heavy (non-hydrogen) atoms. The van der Waals surface area contributed by atoms with E-state index in [1.807, 2.05) is 0 Å². The molecule has 8 heteroatoms. The second-order valence-electron chi connectivity index (χ2n) is 7.96. The molecule has 2 rings (SSSR count). The fourth-order valence-electron chi connectivity index (χ4n) is 3.72. The van der Waals surface area contributed by atoms with E-state index in [0.717, 1.165) is 57.2 Å². The van der Waals surface area contributed by atoms with Crippen LogP contribution in [-0.4, -0.2) is 47.1 Å². The summed E-state index contributed by atoms with van der Waals surface area (Å²) in [6.07, 6.45) is 8.25. The first kappa shape index (κ1) is 25.3. The maximum atomic E-state index is 12.5. The first-order chi connectivity index (χ1) is 14.8. The molecule has 0 aromatic heterocycles. The van der Waals surface area contributed by atoms with E-state index >= 15 is 0 Å². The number of amides is 1. The maximum Gasteiger partial charge on any atom is 0.306 e. The summed E-state index contributed by atoms with van der Waals surface area (Å²) in [5.74, 6) is -1.08. The topological polar surface area (TPSA) is 87.0 Å². The summed E-state index contributed by atoms with van der Waals surface area (Å²) in [6, 6.07) is 4.81. The third kappa shape index (κ3) is 7.93. The molecule has 0 radical (unpaired) electrons. The highest BCUT2D eigenvalue weighted by atomic mass is 35.5. The van der Waals surface area contributed by atoms with Crippen molar-refractivity contribution < 1.29 is 19.5 Å². The minimum Gasteiger partial charge on any atom is -0.481 e. The quantitative estimate of drug-likeness (QED) is 0.282.